The summed E-state index contributed by atoms with van der Waals surface area (Å²) >= 11 is 1.43. The van der Waals surface area contributed by atoms with Crippen LogP contribution in [0.4, 0.5) is 10.8 Å². The van der Waals surface area contributed by atoms with Gasteiger partial charge in [-0.25, -0.2) is 4.98 Å². The molecule has 0 saturated heterocycles. The van der Waals surface area contributed by atoms with Crippen LogP contribution in [-0.2, 0) is 6.42 Å². The first-order chi connectivity index (χ1) is 15.0. The zero-order valence-electron chi connectivity index (χ0n) is 16.9. The smallest absolute Gasteiger partial charge is 0.277 e. The molecule has 4 aromatic rings. The number of para-hydroxylation sites is 1. The van der Waals surface area contributed by atoms with Crippen LogP contribution in [0.3, 0.4) is 0 Å². The largest absolute Gasteiger partial charge is 0.497 e. The maximum absolute atomic E-state index is 11.3. The molecule has 0 unspecified atom stereocenters. The van der Waals surface area contributed by atoms with Crippen molar-refractivity contribution >= 4 is 22.2 Å². The predicted molar refractivity (Wildman–Crippen MR) is 124 cm³/mol. The van der Waals surface area contributed by atoms with Crippen LogP contribution in [0.1, 0.15) is 22.7 Å². The molecule has 0 saturated carbocycles. The Morgan fingerprint density at radius 2 is 1.77 bits per heavy atom. The number of hydrogen-bond donors (Lipinski definition) is 1. The van der Waals surface area contributed by atoms with Gasteiger partial charge in [0, 0.05) is 17.4 Å². The lowest BCUT2D eigenvalue weighted by Crippen LogP contribution is -2.06. The highest BCUT2D eigenvalue weighted by atomic mass is 32.1. The number of nitro groups is 1. The molecule has 1 aromatic heterocycles. The highest BCUT2D eigenvalue weighted by molar-refractivity contribution is 7.13. The van der Waals surface area contributed by atoms with Gasteiger partial charge in [-0.1, -0.05) is 48.5 Å². The molecule has 0 fully saturated rings. The first-order valence-corrected chi connectivity index (χ1v) is 10.6. The van der Waals surface area contributed by atoms with E-state index in [4.69, 9.17) is 10.5 Å². The van der Waals surface area contributed by atoms with Crippen LogP contribution in [0.5, 0.6) is 5.75 Å². The minimum Gasteiger partial charge on any atom is -0.497 e. The molecule has 0 aliphatic carbocycles. The molecule has 0 aliphatic rings. The molecular weight excluding hydrogens is 410 g/mol. The van der Waals surface area contributed by atoms with E-state index < -0.39 is 0 Å². The standard InChI is InChI=1S/C24H21N3O3S/c1-30-19-12-10-18(11-13-19)21(22-15-31-24(25)26-22)14-16-6-8-17(9-7-16)20-4-2-3-5-23(20)27(28)29/h2-13,15,21H,14H2,1H3,(H2,25,26)/t21-/m0/s1. The Hall–Kier alpha value is -3.71. The molecule has 0 aliphatic heterocycles. The monoisotopic (exact) mass is 431 g/mol. The van der Waals surface area contributed by atoms with E-state index in [9.17, 15) is 10.1 Å². The van der Waals surface area contributed by atoms with Crippen molar-refractivity contribution < 1.29 is 9.66 Å². The van der Waals surface area contributed by atoms with Gasteiger partial charge < -0.3 is 10.5 Å². The summed E-state index contributed by atoms with van der Waals surface area (Å²) in [5, 5.41) is 13.9. The second kappa shape index (κ2) is 8.97. The average Bonchev–Trinajstić information content (AvgIpc) is 3.24. The lowest BCUT2D eigenvalue weighted by molar-refractivity contribution is -0.384. The van der Waals surface area contributed by atoms with Gasteiger partial charge in [-0.2, -0.15) is 0 Å². The normalized spacial score (nSPS) is 11.8. The van der Waals surface area contributed by atoms with Crippen molar-refractivity contribution in [1.29, 1.82) is 0 Å². The first kappa shape index (κ1) is 20.6. The second-order valence-corrected chi connectivity index (χ2v) is 8.00. The fraction of sp³-hybridized carbons (Fsp3) is 0.125. The van der Waals surface area contributed by atoms with E-state index in [0.717, 1.165) is 34.6 Å². The molecule has 1 atom stereocenters. The molecule has 3 aromatic carbocycles. The molecule has 31 heavy (non-hydrogen) atoms. The molecule has 2 N–H and O–H groups in total. The van der Waals surface area contributed by atoms with Crippen molar-refractivity contribution in [3.05, 3.63) is 105 Å². The summed E-state index contributed by atoms with van der Waals surface area (Å²) in [7, 11) is 1.65. The zero-order valence-corrected chi connectivity index (χ0v) is 17.7. The van der Waals surface area contributed by atoms with E-state index in [1.807, 2.05) is 60.0 Å². The zero-order chi connectivity index (χ0) is 21.8. The molecule has 156 valence electrons. The van der Waals surface area contributed by atoms with Gasteiger partial charge in [-0.15, -0.1) is 11.3 Å². The van der Waals surface area contributed by atoms with E-state index in [1.165, 1.54) is 17.4 Å². The number of ether oxygens (including phenoxy) is 1. The fourth-order valence-electron chi connectivity index (χ4n) is 3.62. The molecule has 1 heterocycles. The number of nitrogens with two attached hydrogens (primary N) is 1. The Kier molecular flexibility index (Phi) is 5.95. The number of thiazole rings is 1. The van der Waals surface area contributed by atoms with Gasteiger partial charge in [0.2, 0.25) is 0 Å². The third-order valence-corrected chi connectivity index (χ3v) is 5.91. The fourth-order valence-corrected chi connectivity index (χ4v) is 4.24. The predicted octanol–water partition coefficient (Wildman–Crippen LogP) is 5.68. The molecule has 0 bridgehead atoms. The van der Waals surface area contributed by atoms with Crippen molar-refractivity contribution in [2.45, 2.75) is 12.3 Å². The number of aromatic nitrogens is 1. The first-order valence-electron chi connectivity index (χ1n) is 9.72. The lowest BCUT2D eigenvalue weighted by Gasteiger charge is -2.16. The molecule has 7 heteroatoms. The van der Waals surface area contributed by atoms with Crippen molar-refractivity contribution in [2.75, 3.05) is 12.8 Å². The number of anilines is 1. The lowest BCUT2D eigenvalue weighted by atomic mass is 9.89. The Morgan fingerprint density at radius 1 is 1.06 bits per heavy atom. The number of nitro benzene ring substituents is 1. The van der Waals surface area contributed by atoms with Crippen LogP contribution in [0, 0.1) is 10.1 Å². The van der Waals surface area contributed by atoms with Crippen molar-refractivity contribution in [2.24, 2.45) is 0 Å². The van der Waals surface area contributed by atoms with Crippen molar-refractivity contribution in [3.63, 3.8) is 0 Å². The summed E-state index contributed by atoms with van der Waals surface area (Å²) in [5.74, 6) is 0.838. The van der Waals surface area contributed by atoms with Gasteiger partial charge >= 0.3 is 0 Å². The van der Waals surface area contributed by atoms with Crippen LogP contribution in [0.15, 0.2) is 78.2 Å². The number of nitrogen functional groups attached to an aromatic ring is 1. The molecule has 0 amide bonds. The Balaban J connectivity index is 1.64. The van der Waals surface area contributed by atoms with Gasteiger partial charge in [0.25, 0.3) is 5.69 Å². The number of hydrogen-bond acceptors (Lipinski definition) is 6. The topological polar surface area (TPSA) is 91.3 Å². The van der Waals surface area contributed by atoms with Crippen molar-refractivity contribution in [1.82, 2.24) is 4.98 Å². The number of nitrogens with zero attached hydrogens (tertiary/aromatic N) is 2. The maximum atomic E-state index is 11.3. The second-order valence-electron chi connectivity index (χ2n) is 7.11. The minimum absolute atomic E-state index is 0.0383. The number of rotatable bonds is 7. The summed E-state index contributed by atoms with van der Waals surface area (Å²) in [5.41, 5.74) is 10.6. The van der Waals surface area contributed by atoms with Crippen LogP contribution < -0.4 is 10.5 Å². The Morgan fingerprint density at radius 3 is 2.39 bits per heavy atom. The minimum atomic E-state index is -0.352. The highest BCUT2D eigenvalue weighted by Crippen LogP contribution is 2.33. The molecule has 6 nitrogen and oxygen atoms in total. The summed E-state index contributed by atoms with van der Waals surface area (Å²) in [6.07, 6.45) is 0.729. The van der Waals surface area contributed by atoms with Gasteiger partial charge in [0.1, 0.15) is 5.75 Å². The summed E-state index contributed by atoms with van der Waals surface area (Å²) < 4.78 is 5.28. The molecule has 0 spiro atoms. The molecular formula is C24H21N3O3S. The quantitative estimate of drug-likeness (QED) is 0.300. The number of methoxy groups -OCH3 is 1. The van der Waals surface area contributed by atoms with Crippen molar-refractivity contribution in [3.8, 4) is 16.9 Å². The van der Waals surface area contributed by atoms with Crippen LogP contribution >= 0.6 is 11.3 Å². The van der Waals surface area contributed by atoms with Crippen LogP contribution in [0.25, 0.3) is 11.1 Å². The van der Waals surface area contributed by atoms with Gasteiger partial charge in [-0.05, 0) is 41.3 Å². The van der Waals surface area contributed by atoms with E-state index in [2.05, 4.69) is 4.98 Å². The highest BCUT2D eigenvalue weighted by Gasteiger charge is 2.19. The van der Waals surface area contributed by atoms with E-state index >= 15 is 0 Å². The Labute approximate surface area is 184 Å². The van der Waals surface area contributed by atoms with Gasteiger partial charge in [0.15, 0.2) is 5.13 Å². The summed E-state index contributed by atoms with van der Waals surface area (Å²) in [6, 6.07) is 22.6. The SMILES string of the molecule is COc1ccc([C@H](Cc2ccc(-c3ccccc3[N+](=O)[O-])cc2)c2csc(N)n2)cc1. The van der Waals surface area contributed by atoms with Gasteiger partial charge in [-0.3, -0.25) is 10.1 Å². The van der Waals surface area contributed by atoms with E-state index in [0.29, 0.717) is 10.7 Å². The summed E-state index contributed by atoms with van der Waals surface area (Å²) in [4.78, 5) is 15.5. The third kappa shape index (κ3) is 4.57. The average molecular weight is 432 g/mol. The van der Waals surface area contributed by atoms with Gasteiger partial charge in [0.05, 0.1) is 23.3 Å². The summed E-state index contributed by atoms with van der Waals surface area (Å²) in [6.45, 7) is 0. The van der Waals surface area contributed by atoms with E-state index in [1.54, 1.807) is 19.2 Å². The van der Waals surface area contributed by atoms with Crippen LogP contribution in [-0.4, -0.2) is 17.0 Å². The molecule has 4 rings (SSSR count). The maximum Gasteiger partial charge on any atom is 0.277 e. The van der Waals surface area contributed by atoms with Crippen LogP contribution in [0.2, 0.25) is 0 Å². The third-order valence-electron chi connectivity index (χ3n) is 5.22. The molecule has 0 radical (unpaired) electrons. The number of benzene rings is 3. The Bertz CT molecular complexity index is 1190. The van der Waals surface area contributed by atoms with E-state index in [-0.39, 0.29) is 16.5 Å².